The monoisotopic (exact) mass is 311 g/mol. The molecule has 5 heteroatoms. The van der Waals surface area contributed by atoms with E-state index in [2.05, 4.69) is 15.5 Å². The molecule has 1 aromatic heterocycles. The second-order valence-corrected chi connectivity index (χ2v) is 6.39. The standard InChI is InChI=1S/C18H18FN3O/c1-2-20-17(23)18-8-7-11(10-18)13-9-15(21-22-16(13)18)12-5-3-4-6-14(12)19/h3-6,9,11H,2,7-8,10H2,1H3,(H,20,23)/t11-,18-/m0/s1. The molecule has 2 aliphatic rings. The summed E-state index contributed by atoms with van der Waals surface area (Å²) in [6.45, 7) is 2.53. The van der Waals surface area contributed by atoms with Crippen LogP contribution in [0.3, 0.4) is 0 Å². The number of halogens is 1. The van der Waals surface area contributed by atoms with Gasteiger partial charge in [-0.25, -0.2) is 4.39 Å². The third kappa shape index (κ3) is 1.99. The van der Waals surface area contributed by atoms with Gasteiger partial charge in [-0.15, -0.1) is 0 Å². The lowest BCUT2D eigenvalue weighted by molar-refractivity contribution is -0.126. The van der Waals surface area contributed by atoms with Gasteiger partial charge >= 0.3 is 0 Å². The normalized spacial score (nSPS) is 24.5. The van der Waals surface area contributed by atoms with Crippen LogP contribution in [0.2, 0.25) is 0 Å². The van der Waals surface area contributed by atoms with Crippen LogP contribution in [0.5, 0.6) is 0 Å². The number of likely N-dealkylation sites (N-methyl/N-ethyl adjacent to an activating group) is 1. The fourth-order valence-corrected chi connectivity index (χ4v) is 4.06. The van der Waals surface area contributed by atoms with Crippen molar-refractivity contribution in [1.82, 2.24) is 15.5 Å². The largest absolute Gasteiger partial charge is 0.356 e. The quantitative estimate of drug-likeness (QED) is 0.948. The van der Waals surface area contributed by atoms with Crippen LogP contribution < -0.4 is 5.32 Å². The van der Waals surface area contributed by atoms with Gasteiger partial charge in [-0.1, -0.05) is 12.1 Å². The Morgan fingerprint density at radius 3 is 3.00 bits per heavy atom. The average Bonchev–Trinajstić information content (AvgIpc) is 3.14. The number of carbonyl (C=O) groups excluding carboxylic acids is 1. The van der Waals surface area contributed by atoms with Crippen molar-refractivity contribution in [3.05, 3.63) is 47.4 Å². The third-order valence-electron chi connectivity index (χ3n) is 5.15. The molecule has 1 fully saturated rings. The van der Waals surface area contributed by atoms with E-state index in [1.165, 1.54) is 6.07 Å². The van der Waals surface area contributed by atoms with E-state index in [1.54, 1.807) is 18.2 Å². The number of hydrogen-bond donors (Lipinski definition) is 1. The predicted molar refractivity (Wildman–Crippen MR) is 84.4 cm³/mol. The van der Waals surface area contributed by atoms with Crippen molar-refractivity contribution in [2.24, 2.45) is 0 Å². The van der Waals surface area contributed by atoms with Gasteiger partial charge in [0.1, 0.15) is 5.82 Å². The average molecular weight is 311 g/mol. The number of carbonyl (C=O) groups is 1. The zero-order valence-electron chi connectivity index (χ0n) is 13.0. The van der Waals surface area contributed by atoms with Crippen LogP contribution in [0.4, 0.5) is 4.39 Å². The van der Waals surface area contributed by atoms with Crippen molar-refractivity contribution in [3.63, 3.8) is 0 Å². The van der Waals surface area contributed by atoms with Crippen molar-refractivity contribution in [2.45, 2.75) is 37.5 Å². The van der Waals surface area contributed by atoms with Crippen molar-refractivity contribution in [3.8, 4) is 11.3 Å². The first-order chi connectivity index (χ1) is 11.2. The Morgan fingerprint density at radius 2 is 2.22 bits per heavy atom. The highest BCUT2D eigenvalue weighted by Gasteiger charge is 2.55. The van der Waals surface area contributed by atoms with Gasteiger partial charge in [-0.05, 0) is 55.9 Å². The molecule has 1 aromatic carbocycles. The van der Waals surface area contributed by atoms with Crippen LogP contribution in [0, 0.1) is 5.82 Å². The molecule has 1 saturated carbocycles. The molecule has 4 rings (SSSR count). The van der Waals surface area contributed by atoms with Crippen molar-refractivity contribution < 1.29 is 9.18 Å². The number of nitrogens with one attached hydrogen (secondary N) is 1. The Kier molecular flexibility index (Phi) is 3.18. The van der Waals surface area contributed by atoms with E-state index >= 15 is 0 Å². The van der Waals surface area contributed by atoms with Gasteiger partial charge in [-0.3, -0.25) is 4.79 Å². The zero-order chi connectivity index (χ0) is 16.0. The Morgan fingerprint density at radius 1 is 1.39 bits per heavy atom. The van der Waals surface area contributed by atoms with Crippen molar-refractivity contribution in [2.75, 3.05) is 6.54 Å². The summed E-state index contributed by atoms with van der Waals surface area (Å²) in [5, 5.41) is 11.5. The number of rotatable bonds is 3. The minimum absolute atomic E-state index is 0.0502. The highest BCUT2D eigenvalue weighted by molar-refractivity contribution is 5.90. The van der Waals surface area contributed by atoms with E-state index in [4.69, 9.17) is 0 Å². The molecular formula is C18H18FN3O. The second-order valence-electron chi connectivity index (χ2n) is 6.39. The van der Waals surface area contributed by atoms with Crippen molar-refractivity contribution >= 4 is 5.91 Å². The smallest absolute Gasteiger partial charge is 0.232 e. The SMILES string of the molecule is CCNC(=O)[C@@]12CC[C@@H](C1)c1cc(-c3ccccc3F)nnc12. The molecule has 4 nitrogen and oxygen atoms in total. The van der Waals surface area contributed by atoms with Gasteiger partial charge in [0, 0.05) is 12.1 Å². The van der Waals surface area contributed by atoms with Gasteiger partial charge < -0.3 is 5.32 Å². The van der Waals surface area contributed by atoms with Gasteiger partial charge in [0.15, 0.2) is 0 Å². The molecule has 2 aromatic rings. The first-order valence-corrected chi connectivity index (χ1v) is 8.07. The summed E-state index contributed by atoms with van der Waals surface area (Å²) in [4.78, 5) is 12.6. The Balaban J connectivity index is 1.79. The highest BCUT2D eigenvalue weighted by atomic mass is 19.1. The molecule has 1 amide bonds. The molecule has 2 aliphatic carbocycles. The summed E-state index contributed by atoms with van der Waals surface area (Å²) >= 11 is 0. The number of hydrogen-bond acceptors (Lipinski definition) is 3. The molecule has 2 bridgehead atoms. The van der Waals surface area contributed by atoms with Crippen LogP contribution in [-0.4, -0.2) is 22.6 Å². The van der Waals surface area contributed by atoms with Gasteiger partial charge in [0.05, 0.1) is 16.8 Å². The van der Waals surface area contributed by atoms with Crippen LogP contribution >= 0.6 is 0 Å². The molecule has 1 heterocycles. The van der Waals surface area contributed by atoms with E-state index in [0.717, 1.165) is 30.5 Å². The Hall–Kier alpha value is -2.30. The van der Waals surface area contributed by atoms with Crippen LogP contribution in [0.25, 0.3) is 11.3 Å². The van der Waals surface area contributed by atoms with Gasteiger partial charge in [-0.2, -0.15) is 10.2 Å². The minimum atomic E-state index is -0.531. The lowest BCUT2D eigenvalue weighted by atomic mass is 9.82. The minimum Gasteiger partial charge on any atom is -0.356 e. The fourth-order valence-electron chi connectivity index (χ4n) is 4.06. The van der Waals surface area contributed by atoms with E-state index in [9.17, 15) is 9.18 Å². The van der Waals surface area contributed by atoms with Crippen molar-refractivity contribution in [1.29, 1.82) is 0 Å². The maximum absolute atomic E-state index is 14.0. The summed E-state index contributed by atoms with van der Waals surface area (Å²) in [5.41, 5.74) is 2.32. The maximum atomic E-state index is 14.0. The lowest BCUT2D eigenvalue weighted by Crippen LogP contribution is -2.42. The maximum Gasteiger partial charge on any atom is 0.232 e. The van der Waals surface area contributed by atoms with Crippen LogP contribution in [0.1, 0.15) is 43.4 Å². The predicted octanol–water partition coefficient (Wildman–Crippen LogP) is 2.94. The summed E-state index contributed by atoms with van der Waals surface area (Å²) in [7, 11) is 0. The summed E-state index contributed by atoms with van der Waals surface area (Å²) < 4.78 is 14.0. The van der Waals surface area contributed by atoms with E-state index in [0.29, 0.717) is 23.7 Å². The molecule has 0 aliphatic heterocycles. The summed E-state index contributed by atoms with van der Waals surface area (Å²) in [6, 6.07) is 8.50. The lowest BCUT2D eigenvalue weighted by Gasteiger charge is -2.25. The molecule has 0 spiro atoms. The molecule has 0 saturated heterocycles. The molecule has 0 unspecified atom stereocenters. The number of amides is 1. The first kappa shape index (κ1) is 14.3. The van der Waals surface area contributed by atoms with E-state index < -0.39 is 5.41 Å². The molecular weight excluding hydrogens is 293 g/mol. The van der Waals surface area contributed by atoms with Gasteiger partial charge in [0.2, 0.25) is 5.91 Å². The third-order valence-corrected chi connectivity index (χ3v) is 5.15. The van der Waals surface area contributed by atoms with E-state index in [1.807, 2.05) is 13.0 Å². The summed E-state index contributed by atoms with van der Waals surface area (Å²) in [5.74, 6) is 0.0752. The Bertz CT molecular complexity index is 792. The molecule has 2 atom stereocenters. The molecule has 23 heavy (non-hydrogen) atoms. The first-order valence-electron chi connectivity index (χ1n) is 8.07. The second kappa shape index (κ2) is 5.11. The molecule has 1 N–H and O–H groups in total. The van der Waals surface area contributed by atoms with Crippen LogP contribution in [0.15, 0.2) is 30.3 Å². The molecule has 118 valence electrons. The number of nitrogens with zero attached hydrogens (tertiary/aromatic N) is 2. The zero-order valence-corrected chi connectivity index (χ0v) is 13.0. The topological polar surface area (TPSA) is 54.9 Å². The van der Waals surface area contributed by atoms with Gasteiger partial charge in [0.25, 0.3) is 0 Å². The Labute approximate surface area is 134 Å². The van der Waals surface area contributed by atoms with Crippen LogP contribution in [-0.2, 0) is 10.2 Å². The number of aromatic nitrogens is 2. The fraction of sp³-hybridized carbons (Fsp3) is 0.389. The summed E-state index contributed by atoms with van der Waals surface area (Å²) in [6.07, 6.45) is 2.60. The number of benzene rings is 1. The molecule has 0 radical (unpaired) electrons. The number of fused-ring (bicyclic) bond motifs is 5. The van der Waals surface area contributed by atoms with E-state index in [-0.39, 0.29) is 11.7 Å². The highest BCUT2D eigenvalue weighted by Crippen LogP contribution is 2.56.